The third-order valence-corrected chi connectivity index (χ3v) is 3.72. The molecule has 13 heavy (non-hydrogen) atoms. The van der Waals surface area contributed by atoms with Crippen molar-refractivity contribution in [3.05, 3.63) is 0 Å². The highest BCUT2D eigenvalue weighted by molar-refractivity contribution is 7.99. The number of hydrogen-bond acceptors (Lipinski definition) is 4. The average molecular weight is 203 g/mol. The normalized spacial score (nSPS) is 34.8. The molecule has 1 atom stereocenters. The van der Waals surface area contributed by atoms with E-state index in [0.717, 1.165) is 5.75 Å². The van der Waals surface area contributed by atoms with Crippen LogP contribution >= 0.6 is 11.8 Å². The average Bonchev–Trinajstić information content (AvgIpc) is 2.46. The molecule has 0 aromatic rings. The fourth-order valence-corrected chi connectivity index (χ4v) is 2.87. The summed E-state index contributed by atoms with van der Waals surface area (Å²) in [6.07, 6.45) is 0.157. The molecule has 2 N–H and O–H groups in total. The van der Waals surface area contributed by atoms with Crippen LogP contribution in [0.15, 0.2) is 0 Å². The molecule has 0 radical (unpaired) electrons. The number of hydrogen-bond donors (Lipinski definition) is 2. The van der Waals surface area contributed by atoms with Gasteiger partial charge in [-0.2, -0.15) is 11.8 Å². The Labute approximate surface area is 80.9 Å². The molecule has 1 amide bonds. The van der Waals surface area contributed by atoms with Crippen molar-refractivity contribution in [2.24, 2.45) is 0 Å². The number of aliphatic hydroxyl groups excluding tert-OH is 1. The number of thioether (sulfide) groups is 1. The van der Waals surface area contributed by atoms with Gasteiger partial charge in [-0.05, 0) is 12.2 Å². The number of carbonyl (C=O) groups is 1. The van der Waals surface area contributed by atoms with Gasteiger partial charge < -0.3 is 15.1 Å². The molecule has 2 rings (SSSR count). The number of aliphatic hydroxyl groups is 2. The molecule has 0 bridgehead atoms. The molecule has 5 heteroatoms. The van der Waals surface area contributed by atoms with Crippen LogP contribution in [0.4, 0.5) is 0 Å². The van der Waals surface area contributed by atoms with Crippen LogP contribution in [0.1, 0.15) is 6.42 Å². The molecule has 0 aromatic heterocycles. The molecule has 2 aliphatic heterocycles. The summed E-state index contributed by atoms with van der Waals surface area (Å²) in [5.41, 5.74) is -1.15. The molecule has 74 valence electrons. The quantitative estimate of drug-likeness (QED) is 0.577. The Balaban J connectivity index is 1.96. The van der Waals surface area contributed by atoms with Crippen molar-refractivity contribution in [1.82, 2.24) is 4.90 Å². The van der Waals surface area contributed by atoms with Gasteiger partial charge in [0.05, 0.1) is 6.10 Å². The maximum absolute atomic E-state index is 11.6. The van der Waals surface area contributed by atoms with E-state index in [1.165, 1.54) is 4.90 Å². The van der Waals surface area contributed by atoms with Crippen LogP contribution in [0.2, 0.25) is 0 Å². The highest BCUT2D eigenvalue weighted by Gasteiger charge is 2.45. The van der Waals surface area contributed by atoms with Gasteiger partial charge in [0.1, 0.15) is 0 Å². The maximum atomic E-state index is 11.6. The third-order valence-electron chi connectivity index (χ3n) is 2.55. The van der Waals surface area contributed by atoms with E-state index < -0.39 is 5.60 Å². The number of nitrogens with zero attached hydrogens (tertiary/aromatic N) is 1. The van der Waals surface area contributed by atoms with Gasteiger partial charge in [-0.25, -0.2) is 0 Å². The summed E-state index contributed by atoms with van der Waals surface area (Å²) in [7, 11) is 0. The van der Waals surface area contributed by atoms with E-state index in [9.17, 15) is 9.90 Å². The van der Waals surface area contributed by atoms with Crippen molar-refractivity contribution in [3.63, 3.8) is 0 Å². The zero-order chi connectivity index (χ0) is 9.47. The second-order valence-electron chi connectivity index (χ2n) is 3.70. The van der Waals surface area contributed by atoms with Gasteiger partial charge in [0.15, 0.2) is 5.60 Å². The van der Waals surface area contributed by atoms with Gasteiger partial charge in [-0.3, -0.25) is 4.79 Å². The van der Waals surface area contributed by atoms with Gasteiger partial charge >= 0.3 is 0 Å². The van der Waals surface area contributed by atoms with E-state index in [2.05, 4.69) is 0 Å². The van der Waals surface area contributed by atoms with E-state index in [4.69, 9.17) is 5.11 Å². The van der Waals surface area contributed by atoms with Crippen molar-refractivity contribution in [2.45, 2.75) is 18.1 Å². The van der Waals surface area contributed by atoms with E-state index >= 15 is 0 Å². The minimum absolute atomic E-state index is 0.206. The zero-order valence-corrected chi connectivity index (χ0v) is 8.09. The number of amides is 1. The molecule has 2 aliphatic rings. The summed E-state index contributed by atoms with van der Waals surface area (Å²) in [6, 6.07) is 0. The minimum atomic E-state index is -1.15. The van der Waals surface area contributed by atoms with Gasteiger partial charge in [0.2, 0.25) is 0 Å². The van der Waals surface area contributed by atoms with Crippen molar-refractivity contribution in [3.8, 4) is 0 Å². The number of carbonyl (C=O) groups excluding carboxylic acids is 1. The van der Waals surface area contributed by atoms with Crippen molar-refractivity contribution in [1.29, 1.82) is 0 Å². The van der Waals surface area contributed by atoms with Gasteiger partial charge in [0.25, 0.3) is 5.91 Å². The maximum Gasteiger partial charge on any atom is 0.255 e. The monoisotopic (exact) mass is 203 g/mol. The van der Waals surface area contributed by atoms with Crippen LogP contribution in [-0.4, -0.2) is 57.3 Å². The molecule has 0 aromatic carbocycles. The van der Waals surface area contributed by atoms with Crippen LogP contribution in [0.5, 0.6) is 0 Å². The minimum Gasteiger partial charge on any atom is -0.389 e. The molecule has 4 nitrogen and oxygen atoms in total. The van der Waals surface area contributed by atoms with Crippen molar-refractivity contribution < 1.29 is 15.0 Å². The first-order valence-electron chi connectivity index (χ1n) is 4.39. The molecular weight excluding hydrogens is 190 g/mol. The van der Waals surface area contributed by atoms with Gasteiger partial charge in [-0.1, -0.05) is 0 Å². The molecular formula is C8H13NO3S. The summed E-state index contributed by atoms with van der Waals surface area (Å²) >= 11 is 1.60. The Morgan fingerprint density at radius 2 is 2.23 bits per heavy atom. The van der Waals surface area contributed by atoms with E-state index in [-0.39, 0.29) is 12.0 Å². The van der Waals surface area contributed by atoms with Crippen LogP contribution in [0.25, 0.3) is 0 Å². The summed E-state index contributed by atoms with van der Waals surface area (Å²) in [4.78, 5) is 13.2. The Morgan fingerprint density at radius 3 is 2.69 bits per heavy atom. The molecule has 1 unspecified atom stereocenters. The van der Waals surface area contributed by atoms with Crippen LogP contribution in [0, 0.1) is 0 Å². The smallest absolute Gasteiger partial charge is 0.255 e. The largest absolute Gasteiger partial charge is 0.389 e. The number of likely N-dealkylation sites (tertiary alicyclic amines) is 1. The van der Waals surface area contributed by atoms with Crippen molar-refractivity contribution >= 4 is 17.7 Å². The lowest BCUT2D eigenvalue weighted by Crippen LogP contribution is -2.60. The van der Waals surface area contributed by atoms with Crippen molar-refractivity contribution in [2.75, 3.05) is 24.6 Å². The highest BCUT2D eigenvalue weighted by Crippen LogP contribution is 2.30. The fourth-order valence-electron chi connectivity index (χ4n) is 1.64. The predicted molar refractivity (Wildman–Crippen MR) is 49.5 cm³/mol. The number of β-amino-alcohol motifs (C(OH)–C–C–N with tert-alkyl or cyclic N) is 1. The summed E-state index contributed by atoms with van der Waals surface area (Å²) < 4.78 is 0. The van der Waals surface area contributed by atoms with Crippen LogP contribution in [-0.2, 0) is 4.79 Å². The Hall–Kier alpha value is -0.260. The topological polar surface area (TPSA) is 60.8 Å². The fraction of sp³-hybridized carbons (Fsp3) is 0.875. The molecule has 0 spiro atoms. The highest BCUT2D eigenvalue weighted by atomic mass is 32.2. The van der Waals surface area contributed by atoms with E-state index in [0.29, 0.717) is 25.3 Å². The molecule has 2 saturated heterocycles. The summed E-state index contributed by atoms with van der Waals surface area (Å²) in [5.74, 6) is 1.14. The standard InChI is InChI=1S/C8H13NO3S/c10-6-3-9(4-6)7(11)8(12)1-2-13-5-8/h6,10,12H,1-5H2. The SMILES string of the molecule is O=C(N1CC(O)C1)C1(O)CCSC1. The van der Waals surface area contributed by atoms with Crippen LogP contribution in [0.3, 0.4) is 0 Å². The zero-order valence-electron chi connectivity index (χ0n) is 7.27. The Kier molecular flexibility index (Phi) is 2.25. The summed E-state index contributed by atoms with van der Waals surface area (Å²) in [6.45, 7) is 0.762. The lowest BCUT2D eigenvalue weighted by Gasteiger charge is -2.39. The second-order valence-corrected chi connectivity index (χ2v) is 4.80. The van der Waals surface area contributed by atoms with Gasteiger partial charge in [-0.15, -0.1) is 0 Å². The van der Waals surface area contributed by atoms with E-state index in [1.54, 1.807) is 11.8 Å². The molecule has 0 aliphatic carbocycles. The first-order chi connectivity index (χ1) is 6.12. The lowest BCUT2D eigenvalue weighted by molar-refractivity contribution is -0.158. The first kappa shape index (κ1) is 9.30. The lowest BCUT2D eigenvalue weighted by atomic mass is 9.99. The second kappa shape index (κ2) is 3.15. The summed E-state index contributed by atoms with van der Waals surface area (Å²) in [5, 5.41) is 18.9. The molecule has 2 fully saturated rings. The Morgan fingerprint density at radius 1 is 1.54 bits per heavy atom. The first-order valence-corrected chi connectivity index (χ1v) is 5.55. The predicted octanol–water partition coefficient (Wildman–Crippen LogP) is -0.943. The third kappa shape index (κ3) is 1.56. The van der Waals surface area contributed by atoms with Crippen LogP contribution < -0.4 is 0 Å². The number of rotatable bonds is 1. The van der Waals surface area contributed by atoms with E-state index in [1.807, 2.05) is 0 Å². The van der Waals surface area contributed by atoms with Gasteiger partial charge in [0, 0.05) is 18.8 Å². The molecule has 2 heterocycles. The molecule has 0 saturated carbocycles. The Bertz CT molecular complexity index is 221.